The van der Waals surface area contributed by atoms with Crippen molar-refractivity contribution in [2.45, 2.75) is 117 Å². The number of rotatable bonds is 12. The first-order valence-electron chi connectivity index (χ1n) is 14.2. The molecule has 10 atom stereocenters. The van der Waals surface area contributed by atoms with E-state index >= 15 is 0 Å². The summed E-state index contributed by atoms with van der Waals surface area (Å²) in [6, 6.07) is 0. The molecule has 2 aliphatic heterocycles. The van der Waals surface area contributed by atoms with Crippen molar-refractivity contribution in [3.05, 3.63) is 0 Å². The Morgan fingerprint density at radius 3 is 1.11 bits per heavy atom. The highest BCUT2D eigenvalue weighted by atomic mass is 16.8. The highest BCUT2D eigenvalue weighted by Gasteiger charge is 2.58. The van der Waals surface area contributed by atoms with E-state index in [0.717, 1.165) is 55.4 Å². The molecule has 0 bridgehead atoms. The van der Waals surface area contributed by atoms with Gasteiger partial charge in [-0.3, -0.25) is 38.4 Å². The summed E-state index contributed by atoms with van der Waals surface area (Å²) < 4.78 is 60.2. The van der Waals surface area contributed by atoms with Gasteiger partial charge in [-0.1, -0.05) is 0 Å². The Labute approximate surface area is 268 Å². The summed E-state index contributed by atoms with van der Waals surface area (Å²) in [4.78, 5) is 96.3. The fourth-order valence-electron chi connectivity index (χ4n) is 4.73. The normalized spacial score (nSPS) is 30.0. The predicted molar refractivity (Wildman–Crippen MR) is 145 cm³/mol. The van der Waals surface area contributed by atoms with Gasteiger partial charge in [0.05, 0.1) is 0 Å². The van der Waals surface area contributed by atoms with E-state index in [0.29, 0.717) is 0 Å². The van der Waals surface area contributed by atoms with Gasteiger partial charge in [-0.15, -0.1) is 0 Å². The van der Waals surface area contributed by atoms with Crippen LogP contribution in [0.25, 0.3) is 0 Å². The zero-order valence-electron chi connectivity index (χ0n) is 26.9. The highest BCUT2D eigenvalue weighted by molar-refractivity contribution is 5.70. The Kier molecular flexibility index (Phi) is 14.5. The molecule has 2 aliphatic rings. The highest BCUT2D eigenvalue weighted by Crippen LogP contribution is 2.35. The lowest BCUT2D eigenvalue weighted by Gasteiger charge is -2.48. The first-order chi connectivity index (χ1) is 21.9. The van der Waals surface area contributed by atoms with Gasteiger partial charge in [0.2, 0.25) is 12.4 Å². The van der Waals surface area contributed by atoms with E-state index in [9.17, 15) is 38.4 Å². The van der Waals surface area contributed by atoms with Crippen LogP contribution >= 0.6 is 0 Å². The van der Waals surface area contributed by atoms with Crippen LogP contribution in [0.2, 0.25) is 0 Å². The number of hydrogen-bond acceptors (Lipinski definition) is 19. The van der Waals surface area contributed by atoms with Crippen molar-refractivity contribution < 1.29 is 90.5 Å². The van der Waals surface area contributed by atoms with Gasteiger partial charge in [0, 0.05) is 55.4 Å². The van der Waals surface area contributed by atoms with Gasteiger partial charge in [0.1, 0.15) is 31.5 Å². The van der Waals surface area contributed by atoms with Crippen molar-refractivity contribution in [1.29, 1.82) is 0 Å². The van der Waals surface area contributed by atoms with Crippen LogP contribution in [0, 0.1) is 0 Å². The molecule has 47 heavy (non-hydrogen) atoms. The molecule has 2 fully saturated rings. The second kappa shape index (κ2) is 17.5. The third-order valence-corrected chi connectivity index (χ3v) is 6.17. The third kappa shape index (κ3) is 12.1. The third-order valence-electron chi connectivity index (χ3n) is 6.17. The summed E-state index contributed by atoms with van der Waals surface area (Å²) in [6.07, 6.45) is -16.3. The summed E-state index contributed by atoms with van der Waals surface area (Å²) in [7, 11) is 0. The lowest BCUT2D eigenvalue weighted by molar-refractivity contribution is -0.357. The average molecular weight is 679 g/mol. The predicted octanol–water partition coefficient (Wildman–Crippen LogP) is -0.831. The fraction of sp³-hybridized carbons (Fsp3) is 0.714. The van der Waals surface area contributed by atoms with Gasteiger partial charge < -0.3 is 52.1 Å². The van der Waals surface area contributed by atoms with Crippen LogP contribution in [0.1, 0.15) is 55.4 Å². The zero-order valence-corrected chi connectivity index (χ0v) is 26.9. The molecule has 0 saturated carbocycles. The summed E-state index contributed by atoms with van der Waals surface area (Å²) in [5.74, 6) is -7.02. The van der Waals surface area contributed by atoms with E-state index in [4.69, 9.17) is 52.1 Å². The van der Waals surface area contributed by atoms with Crippen molar-refractivity contribution in [2.75, 3.05) is 13.2 Å². The van der Waals surface area contributed by atoms with Gasteiger partial charge >= 0.3 is 47.8 Å². The van der Waals surface area contributed by atoms with Crippen molar-refractivity contribution in [1.82, 2.24) is 0 Å². The lowest BCUT2D eigenvalue weighted by Crippen LogP contribution is -2.67. The number of hydrogen-bond donors (Lipinski definition) is 0. The van der Waals surface area contributed by atoms with Crippen LogP contribution in [-0.2, 0) is 90.5 Å². The Morgan fingerprint density at radius 2 is 0.702 bits per heavy atom. The molecular formula is C28H38O19. The van der Waals surface area contributed by atoms with Crippen LogP contribution < -0.4 is 0 Å². The minimum Gasteiger partial charge on any atom is -0.463 e. The van der Waals surface area contributed by atoms with Crippen molar-refractivity contribution >= 4 is 47.8 Å². The average Bonchev–Trinajstić information content (AvgIpc) is 2.91. The molecule has 2 rings (SSSR count). The number of ether oxygens (including phenoxy) is 11. The summed E-state index contributed by atoms with van der Waals surface area (Å²) >= 11 is 0. The van der Waals surface area contributed by atoms with Gasteiger partial charge in [0.15, 0.2) is 30.7 Å². The second-order valence-electron chi connectivity index (χ2n) is 10.3. The molecule has 0 aliphatic carbocycles. The van der Waals surface area contributed by atoms with Crippen LogP contribution in [0.15, 0.2) is 0 Å². The fourth-order valence-corrected chi connectivity index (χ4v) is 4.73. The maximum atomic E-state index is 12.3. The minimum absolute atomic E-state index is 0.590. The molecule has 19 nitrogen and oxygen atoms in total. The van der Waals surface area contributed by atoms with E-state index in [1.54, 1.807) is 0 Å². The molecule has 0 amide bonds. The molecule has 264 valence electrons. The number of carbonyl (C=O) groups excluding carboxylic acids is 8. The molecule has 0 spiro atoms. The Morgan fingerprint density at radius 1 is 0.383 bits per heavy atom. The molecule has 0 N–H and O–H groups in total. The molecule has 2 heterocycles. The molecule has 0 aromatic heterocycles. The van der Waals surface area contributed by atoms with Crippen molar-refractivity contribution in [2.24, 2.45) is 0 Å². The smallest absolute Gasteiger partial charge is 0.305 e. The molecule has 1 unspecified atom stereocenters. The molecule has 19 heteroatoms. The van der Waals surface area contributed by atoms with E-state index in [1.807, 2.05) is 0 Å². The first-order valence-corrected chi connectivity index (χ1v) is 14.2. The van der Waals surface area contributed by atoms with Gasteiger partial charge in [-0.2, -0.15) is 0 Å². The van der Waals surface area contributed by atoms with E-state index < -0.39 is 122 Å². The second-order valence-corrected chi connectivity index (χ2v) is 10.3. The Bertz CT molecular complexity index is 1200. The van der Waals surface area contributed by atoms with Gasteiger partial charge in [-0.25, -0.2) is 0 Å². The molecular weight excluding hydrogens is 640 g/mol. The molecule has 0 aromatic rings. The Balaban J connectivity index is 2.73. The summed E-state index contributed by atoms with van der Waals surface area (Å²) in [5.41, 5.74) is 0. The summed E-state index contributed by atoms with van der Waals surface area (Å²) in [5, 5.41) is 0. The zero-order chi connectivity index (χ0) is 35.6. The lowest BCUT2D eigenvalue weighted by atomic mass is 9.96. The Hall–Kier alpha value is -4.36. The van der Waals surface area contributed by atoms with Crippen LogP contribution in [-0.4, -0.2) is 122 Å². The van der Waals surface area contributed by atoms with Gasteiger partial charge in [-0.05, 0) is 0 Å². The van der Waals surface area contributed by atoms with E-state index in [1.165, 1.54) is 0 Å². The van der Waals surface area contributed by atoms with Gasteiger partial charge in [0.25, 0.3) is 0 Å². The topological polar surface area (TPSA) is 238 Å². The van der Waals surface area contributed by atoms with E-state index in [-0.39, 0.29) is 0 Å². The van der Waals surface area contributed by atoms with Crippen LogP contribution in [0.3, 0.4) is 0 Å². The number of esters is 8. The van der Waals surface area contributed by atoms with Crippen molar-refractivity contribution in [3.8, 4) is 0 Å². The van der Waals surface area contributed by atoms with E-state index in [2.05, 4.69) is 0 Å². The summed E-state index contributed by atoms with van der Waals surface area (Å²) in [6.45, 7) is 7.05. The standard InChI is InChI=1S/C28H38O19/c1-11(29)37-9-19-21(39-13(3)31)23(40-14(4)32)26(43-17(7)35)28(46-19)47-22-20(10-38-12(2)30)45-27(44-18(8)36)25(42-16(6)34)24(22)41-15(5)33/h19-28H,9-10H2,1-8H3/t19-,20+,21+,22+,23+,24-,25-,26-,27?,28+/m1/s1. The quantitative estimate of drug-likeness (QED) is 0.181. The number of carbonyl (C=O) groups is 8. The first kappa shape index (κ1) is 38.8. The molecule has 0 aromatic carbocycles. The molecule has 0 radical (unpaired) electrons. The maximum Gasteiger partial charge on any atom is 0.305 e. The van der Waals surface area contributed by atoms with Crippen LogP contribution in [0.5, 0.6) is 0 Å². The largest absolute Gasteiger partial charge is 0.463 e. The molecule has 2 saturated heterocycles. The van der Waals surface area contributed by atoms with Crippen molar-refractivity contribution in [3.63, 3.8) is 0 Å². The maximum absolute atomic E-state index is 12.3. The minimum atomic E-state index is -1.83. The van der Waals surface area contributed by atoms with Crippen LogP contribution in [0.4, 0.5) is 0 Å². The SMILES string of the molecule is CC(=O)OC[C@@H]1OC(OC(C)=O)[C@H](OC(C)=O)[C@H](OC(C)=O)[C@H]1O[C@@H]1O[C@H](COC(C)=O)[C@H](OC(C)=O)[C@H](OC(C)=O)[C@H]1OC(C)=O. The monoisotopic (exact) mass is 678 g/mol.